The summed E-state index contributed by atoms with van der Waals surface area (Å²) in [6.07, 6.45) is 3.48. The number of imidazole rings is 1. The summed E-state index contributed by atoms with van der Waals surface area (Å²) in [6, 6.07) is 9.77. The standard InChI is InChI=1S/C16H12FIN2S/c17-12-7-15-14(8-13(12)18)19-16(21)20(15)11-5-4-9-2-1-3-10(9)6-11/h4-8H,1-3H2,(H,19,21). The first-order valence-electron chi connectivity index (χ1n) is 6.85. The summed E-state index contributed by atoms with van der Waals surface area (Å²) < 4.78 is 17.0. The van der Waals surface area contributed by atoms with Crippen LogP contribution in [0.15, 0.2) is 30.3 Å². The third-order valence-corrected chi connectivity index (χ3v) is 5.18. The van der Waals surface area contributed by atoms with Crippen molar-refractivity contribution in [3.05, 3.63) is 55.6 Å². The van der Waals surface area contributed by atoms with Gasteiger partial charge in [-0.2, -0.15) is 0 Å². The first-order chi connectivity index (χ1) is 10.1. The highest BCUT2D eigenvalue weighted by Crippen LogP contribution is 2.28. The van der Waals surface area contributed by atoms with Crippen LogP contribution in [0, 0.1) is 14.2 Å². The van der Waals surface area contributed by atoms with Gasteiger partial charge in [-0.05, 0) is 83.4 Å². The van der Waals surface area contributed by atoms with Crippen molar-refractivity contribution in [3.63, 3.8) is 0 Å². The van der Waals surface area contributed by atoms with Gasteiger partial charge in [-0.1, -0.05) is 6.07 Å². The van der Waals surface area contributed by atoms with E-state index in [0.29, 0.717) is 8.34 Å². The minimum atomic E-state index is -0.216. The molecule has 21 heavy (non-hydrogen) atoms. The number of aromatic amines is 1. The highest BCUT2D eigenvalue weighted by atomic mass is 127. The van der Waals surface area contributed by atoms with Gasteiger partial charge in [0.25, 0.3) is 0 Å². The fourth-order valence-electron chi connectivity index (χ4n) is 3.06. The van der Waals surface area contributed by atoms with E-state index in [1.165, 1.54) is 17.5 Å². The smallest absolute Gasteiger partial charge is 0.182 e. The number of aromatic nitrogens is 2. The lowest BCUT2D eigenvalue weighted by Gasteiger charge is -2.08. The molecule has 1 aromatic heterocycles. The molecular formula is C16H12FIN2S. The van der Waals surface area contributed by atoms with E-state index in [1.54, 1.807) is 12.1 Å². The van der Waals surface area contributed by atoms with Crippen LogP contribution in [-0.4, -0.2) is 9.55 Å². The molecule has 1 N–H and O–H groups in total. The summed E-state index contributed by atoms with van der Waals surface area (Å²) in [5.41, 5.74) is 5.47. The molecule has 3 aromatic rings. The van der Waals surface area contributed by atoms with Gasteiger partial charge in [0.2, 0.25) is 0 Å². The van der Waals surface area contributed by atoms with Crippen LogP contribution < -0.4 is 0 Å². The van der Waals surface area contributed by atoms with Crippen molar-refractivity contribution in [2.45, 2.75) is 19.3 Å². The first-order valence-corrected chi connectivity index (χ1v) is 8.34. The normalized spacial score (nSPS) is 13.8. The van der Waals surface area contributed by atoms with E-state index in [2.05, 4.69) is 23.2 Å². The minimum Gasteiger partial charge on any atom is -0.330 e. The van der Waals surface area contributed by atoms with Crippen molar-refractivity contribution < 1.29 is 4.39 Å². The maximum atomic E-state index is 13.9. The molecule has 1 aliphatic rings. The largest absolute Gasteiger partial charge is 0.330 e. The molecule has 2 nitrogen and oxygen atoms in total. The molecule has 0 saturated carbocycles. The summed E-state index contributed by atoms with van der Waals surface area (Å²) >= 11 is 7.43. The number of nitrogens with zero attached hydrogens (tertiary/aromatic N) is 1. The van der Waals surface area contributed by atoms with Crippen LogP contribution in [-0.2, 0) is 12.8 Å². The van der Waals surface area contributed by atoms with Gasteiger partial charge in [0, 0.05) is 11.8 Å². The van der Waals surface area contributed by atoms with Crippen LogP contribution in [0.3, 0.4) is 0 Å². The number of benzene rings is 2. The number of aryl methyl sites for hydroxylation is 2. The zero-order valence-corrected chi connectivity index (χ0v) is 14.1. The average Bonchev–Trinajstić information content (AvgIpc) is 3.02. The molecule has 0 unspecified atom stereocenters. The maximum absolute atomic E-state index is 13.9. The molecule has 5 heteroatoms. The van der Waals surface area contributed by atoms with Crippen molar-refractivity contribution in [2.75, 3.05) is 0 Å². The second-order valence-electron chi connectivity index (χ2n) is 5.36. The Morgan fingerprint density at radius 3 is 2.81 bits per heavy atom. The predicted octanol–water partition coefficient (Wildman–Crippen LogP) is 4.92. The van der Waals surface area contributed by atoms with Crippen molar-refractivity contribution in [1.82, 2.24) is 9.55 Å². The second kappa shape index (κ2) is 4.91. The molecule has 0 amide bonds. The number of nitrogens with one attached hydrogen (secondary N) is 1. The number of fused-ring (bicyclic) bond motifs is 2. The van der Waals surface area contributed by atoms with Gasteiger partial charge in [0.05, 0.1) is 14.6 Å². The summed E-state index contributed by atoms with van der Waals surface area (Å²) in [5.74, 6) is -0.216. The van der Waals surface area contributed by atoms with Crippen LogP contribution in [0.1, 0.15) is 17.5 Å². The van der Waals surface area contributed by atoms with Gasteiger partial charge in [-0.3, -0.25) is 4.57 Å². The molecule has 106 valence electrons. The maximum Gasteiger partial charge on any atom is 0.182 e. The van der Waals surface area contributed by atoms with Crippen molar-refractivity contribution >= 4 is 45.8 Å². The molecule has 1 heterocycles. The second-order valence-corrected chi connectivity index (χ2v) is 6.90. The Hall–Kier alpha value is -1.21. The minimum absolute atomic E-state index is 0.216. The fourth-order valence-corrected chi connectivity index (χ4v) is 3.84. The monoisotopic (exact) mass is 410 g/mol. The third-order valence-electron chi connectivity index (χ3n) is 4.06. The zero-order valence-electron chi connectivity index (χ0n) is 11.1. The quantitative estimate of drug-likeness (QED) is 0.446. The number of hydrogen-bond donors (Lipinski definition) is 1. The van der Waals surface area contributed by atoms with E-state index < -0.39 is 0 Å². The number of halogens is 2. The lowest BCUT2D eigenvalue weighted by atomic mass is 10.1. The Morgan fingerprint density at radius 2 is 1.95 bits per heavy atom. The summed E-state index contributed by atoms with van der Waals surface area (Å²) in [5, 5.41) is 0. The van der Waals surface area contributed by atoms with E-state index in [4.69, 9.17) is 12.2 Å². The van der Waals surface area contributed by atoms with Crippen LogP contribution in [0.2, 0.25) is 0 Å². The van der Waals surface area contributed by atoms with Gasteiger partial charge in [0.15, 0.2) is 4.77 Å². The number of rotatable bonds is 1. The van der Waals surface area contributed by atoms with Gasteiger partial charge >= 0.3 is 0 Å². The lowest BCUT2D eigenvalue weighted by molar-refractivity contribution is 0.622. The van der Waals surface area contributed by atoms with Gasteiger partial charge in [0.1, 0.15) is 5.82 Å². The molecule has 2 aromatic carbocycles. The van der Waals surface area contributed by atoms with Crippen LogP contribution in [0.25, 0.3) is 16.7 Å². The molecule has 0 aliphatic heterocycles. The third kappa shape index (κ3) is 2.14. The van der Waals surface area contributed by atoms with E-state index in [0.717, 1.165) is 29.6 Å². The van der Waals surface area contributed by atoms with Crippen molar-refractivity contribution in [2.24, 2.45) is 0 Å². The molecule has 0 spiro atoms. The van der Waals surface area contributed by atoms with E-state index in [1.807, 2.05) is 27.2 Å². The Morgan fingerprint density at radius 1 is 1.14 bits per heavy atom. The molecule has 0 radical (unpaired) electrons. The lowest BCUT2D eigenvalue weighted by Crippen LogP contribution is -1.96. The topological polar surface area (TPSA) is 20.7 Å². The Kier molecular flexibility index (Phi) is 3.15. The number of hydrogen-bond acceptors (Lipinski definition) is 1. The van der Waals surface area contributed by atoms with Gasteiger partial charge in [-0.25, -0.2) is 4.39 Å². The highest BCUT2D eigenvalue weighted by Gasteiger charge is 2.14. The Balaban J connectivity index is 2.00. The van der Waals surface area contributed by atoms with Crippen LogP contribution in [0.4, 0.5) is 4.39 Å². The van der Waals surface area contributed by atoms with Crippen LogP contribution >= 0.6 is 34.8 Å². The Bertz CT molecular complexity index is 926. The molecule has 0 saturated heterocycles. The number of H-pyrrole nitrogens is 1. The molecule has 4 rings (SSSR count). The SMILES string of the molecule is Fc1cc2c(cc1I)[nH]c(=S)n2-c1ccc2c(c1)CCC2. The molecular weight excluding hydrogens is 398 g/mol. The van der Waals surface area contributed by atoms with E-state index >= 15 is 0 Å². The predicted molar refractivity (Wildman–Crippen MR) is 93.2 cm³/mol. The summed E-state index contributed by atoms with van der Waals surface area (Å²) in [6.45, 7) is 0. The average molecular weight is 410 g/mol. The van der Waals surface area contributed by atoms with E-state index in [9.17, 15) is 4.39 Å². The van der Waals surface area contributed by atoms with Gasteiger partial charge in [-0.15, -0.1) is 0 Å². The zero-order chi connectivity index (χ0) is 14.6. The fraction of sp³-hybridized carbons (Fsp3) is 0.188. The molecule has 0 bridgehead atoms. The first kappa shape index (κ1) is 13.5. The molecule has 0 atom stereocenters. The van der Waals surface area contributed by atoms with Crippen molar-refractivity contribution in [1.29, 1.82) is 0 Å². The van der Waals surface area contributed by atoms with Crippen molar-refractivity contribution in [3.8, 4) is 5.69 Å². The van der Waals surface area contributed by atoms with Gasteiger partial charge < -0.3 is 4.98 Å². The van der Waals surface area contributed by atoms with Crippen LogP contribution in [0.5, 0.6) is 0 Å². The molecule has 1 aliphatic carbocycles. The summed E-state index contributed by atoms with van der Waals surface area (Å²) in [4.78, 5) is 3.17. The summed E-state index contributed by atoms with van der Waals surface area (Å²) in [7, 11) is 0. The van der Waals surface area contributed by atoms with E-state index in [-0.39, 0.29) is 5.82 Å². The molecule has 0 fully saturated rings. The highest BCUT2D eigenvalue weighted by molar-refractivity contribution is 14.1. The Labute approximate surface area is 140 Å².